The van der Waals surface area contributed by atoms with E-state index >= 15 is 0 Å². The van der Waals surface area contributed by atoms with Crippen molar-refractivity contribution in [3.8, 4) is 0 Å². The third kappa shape index (κ3) is 4.59. The molecule has 2 heteroatoms. The first-order chi connectivity index (χ1) is 14.2. The van der Waals surface area contributed by atoms with Crippen molar-refractivity contribution in [3.63, 3.8) is 0 Å². The highest BCUT2D eigenvalue weighted by atomic mass is 16.1. The van der Waals surface area contributed by atoms with E-state index in [1.54, 1.807) is 6.92 Å². The van der Waals surface area contributed by atoms with Gasteiger partial charge in [-0.15, -0.1) is 0 Å². The van der Waals surface area contributed by atoms with Crippen LogP contribution in [0.25, 0.3) is 0 Å². The van der Waals surface area contributed by atoms with Gasteiger partial charge in [0.2, 0.25) is 0 Å². The maximum absolute atomic E-state index is 12.4. The Bertz CT molecular complexity index is 918. The number of nitrogens with zero attached hydrogens (tertiary/aromatic N) is 1. The Morgan fingerprint density at radius 1 is 0.862 bits per heavy atom. The molecule has 0 bridgehead atoms. The molecule has 1 aliphatic heterocycles. The Hall–Kier alpha value is -2.87. The molecule has 0 N–H and O–H groups in total. The molecule has 0 aliphatic carbocycles. The molecule has 3 aromatic carbocycles. The van der Waals surface area contributed by atoms with Crippen molar-refractivity contribution in [1.82, 2.24) is 0 Å². The van der Waals surface area contributed by atoms with Crippen LogP contribution in [0, 0.1) is 0 Å². The number of carbonyl (C=O) groups excluding carboxylic acids is 1. The Kier molecular flexibility index (Phi) is 6.09. The predicted molar refractivity (Wildman–Crippen MR) is 121 cm³/mol. The van der Waals surface area contributed by atoms with Gasteiger partial charge in [-0.2, -0.15) is 0 Å². The predicted octanol–water partition coefficient (Wildman–Crippen LogP) is 6.01. The van der Waals surface area contributed by atoms with Crippen molar-refractivity contribution in [2.45, 2.75) is 44.6 Å². The molecule has 3 aromatic rings. The van der Waals surface area contributed by atoms with Gasteiger partial charge in [0, 0.05) is 18.3 Å². The van der Waals surface area contributed by atoms with Crippen LogP contribution in [0.3, 0.4) is 0 Å². The van der Waals surface area contributed by atoms with Crippen molar-refractivity contribution in [3.05, 3.63) is 102 Å². The molecule has 1 aliphatic rings. The Labute approximate surface area is 174 Å². The van der Waals surface area contributed by atoms with Crippen molar-refractivity contribution in [2.75, 3.05) is 11.4 Å². The van der Waals surface area contributed by atoms with Gasteiger partial charge >= 0.3 is 0 Å². The molecule has 0 saturated carbocycles. The number of benzene rings is 3. The van der Waals surface area contributed by atoms with Crippen molar-refractivity contribution < 1.29 is 4.79 Å². The van der Waals surface area contributed by atoms with Crippen molar-refractivity contribution >= 4 is 11.5 Å². The third-order valence-electron chi connectivity index (χ3n) is 6.04. The first kappa shape index (κ1) is 19.4. The summed E-state index contributed by atoms with van der Waals surface area (Å²) >= 11 is 0. The van der Waals surface area contributed by atoms with E-state index in [0.717, 1.165) is 24.1 Å². The fraction of sp³-hybridized carbons (Fsp3) is 0.296. The highest BCUT2D eigenvalue weighted by Gasteiger charge is 2.24. The number of piperidine rings is 1. The SMILES string of the molecule is CC(=O)C(c1ccccc1)c1ccc(N2CCCCC2Cc2ccccc2)cc1. The lowest BCUT2D eigenvalue weighted by atomic mass is 9.88. The molecule has 148 valence electrons. The van der Waals surface area contributed by atoms with E-state index in [1.165, 1.54) is 30.5 Å². The minimum absolute atomic E-state index is 0.184. The second kappa shape index (κ2) is 9.09. The molecular formula is C27H29NO. The highest BCUT2D eigenvalue weighted by Crippen LogP contribution is 2.31. The number of hydrogen-bond acceptors (Lipinski definition) is 2. The molecule has 29 heavy (non-hydrogen) atoms. The van der Waals surface area contributed by atoms with Gasteiger partial charge in [0.1, 0.15) is 5.78 Å². The van der Waals surface area contributed by atoms with E-state index in [1.807, 2.05) is 30.3 Å². The zero-order valence-corrected chi connectivity index (χ0v) is 17.1. The molecule has 1 saturated heterocycles. The summed E-state index contributed by atoms with van der Waals surface area (Å²) in [7, 11) is 0. The van der Waals surface area contributed by atoms with E-state index in [0.29, 0.717) is 6.04 Å². The molecular weight excluding hydrogens is 354 g/mol. The molecule has 1 fully saturated rings. The summed E-state index contributed by atoms with van der Waals surface area (Å²) in [5.74, 6) is -0.00408. The largest absolute Gasteiger partial charge is 0.368 e. The summed E-state index contributed by atoms with van der Waals surface area (Å²) in [5.41, 5.74) is 4.81. The van der Waals surface area contributed by atoms with Crippen LogP contribution in [0.15, 0.2) is 84.9 Å². The molecule has 4 rings (SSSR count). The molecule has 2 atom stereocenters. The number of Topliss-reactive ketones (excluding diaryl/α,β-unsaturated/α-hetero) is 1. The fourth-order valence-electron chi connectivity index (χ4n) is 4.60. The van der Waals surface area contributed by atoms with E-state index in [-0.39, 0.29) is 11.7 Å². The molecule has 2 nitrogen and oxygen atoms in total. The van der Waals surface area contributed by atoms with E-state index in [9.17, 15) is 4.79 Å². The maximum Gasteiger partial charge on any atom is 0.141 e. The van der Waals surface area contributed by atoms with Gasteiger partial charge in [0.15, 0.2) is 0 Å². The van der Waals surface area contributed by atoms with Crippen molar-refractivity contribution in [1.29, 1.82) is 0 Å². The average Bonchev–Trinajstić information content (AvgIpc) is 2.76. The smallest absolute Gasteiger partial charge is 0.141 e. The summed E-state index contributed by atoms with van der Waals surface area (Å²) in [6.45, 7) is 2.79. The van der Waals surface area contributed by atoms with Gasteiger partial charge in [-0.05, 0) is 61.4 Å². The van der Waals surface area contributed by atoms with Gasteiger partial charge in [-0.25, -0.2) is 0 Å². The van der Waals surface area contributed by atoms with Crippen LogP contribution in [0.2, 0.25) is 0 Å². The second-order valence-corrected chi connectivity index (χ2v) is 8.08. The zero-order valence-electron chi connectivity index (χ0n) is 17.1. The normalized spacial score (nSPS) is 17.7. The minimum atomic E-state index is -0.188. The summed E-state index contributed by atoms with van der Waals surface area (Å²) in [6.07, 6.45) is 4.86. The summed E-state index contributed by atoms with van der Waals surface area (Å²) < 4.78 is 0. The lowest BCUT2D eigenvalue weighted by molar-refractivity contribution is -0.117. The molecule has 0 radical (unpaired) electrons. The van der Waals surface area contributed by atoms with Crippen molar-refractivity contribution in [2.24, 2.45) is 0 Å². The van der Waals surface area contributed by atoms with Gasteiger partial charge in [0.25, 0.3) is 0 Å². The van der Waals surface area contributed by atoms with Crippen LogP contribution in [0.1, 0.15) is 48.8 Å². The Balaban J connectivity index is 1.56. The number of anilines is 1. The highest BCUT2D eigenvalue weighted by molar-refractivity contribution is 5.87. The summed E-state index contributed by atoms with van der Waals surface area (Å²) in [6, 6.07) is 30.1. The first-order valence-corrected chi connectivity index (χ1v) is 10.7. The molecule has 0 spiro atoms. The average molecular weight is 384 g/mol. The zero-order chi connectivity index (χ0) is 20.1. The van der Waals surface area contributed by atoms with E-state index in [4.69, 9.17) is 0 Å². The summed E-state index contributed by atoms with van der Waals surface area (Å²) in [4.78, 5) is 14.9. The lowest BCUT2D eigenvalue weighted by Crippen LogP contribution is -2.41. The van der Waals surface area contributed by atoms with Gasteiger partial charge < -0.3 is 4.90 Å². The number of hydrogen-bond donors (Lipinski definition) is 0. The molecule has 2 unspecified atom stereocenters. The monoisotopic (exact) mass is 383 g/mol. The quantitative estimate of drug-likeness (QED) is 0.519. The Morgan fingerprint density at radius 2 is 1.48 bits per heavy atom. The van der Waals surface area contributed by atoms with Crippen LogP contribution in [-0.4, -0.2) is 18.4 Å². The van der Waals surface area contributed by atoms with Crippen LogP contribution < -0.4 is 4.90 Å². The molecule has 1 heterocycles. The molecule has 0 amide bonds. The topological polar surface area (TPSA) is 20.3 Å². The maximum atomic E-state index is 12.4. The Morgan fingerprint density at radius 3 is 2.14 bits per heavy atom. The van der Waals surface area contributed by atoms with E-state index < -0.39 is 0 Å². The molecule has 0 aromatic heterocycles. The van der Waals surface area contributed by atoms with E-state index in [2.05, 4.69) is 59.5 Å². The number of carbonyl (C=O) groups is 1. The standard InChI is InChI=1S/C27H29NO/c1-21(29)27(23-12-6-3-7-13-23)24-15-17-25(18-16-24)28-19-9-8-14-26(28)20-22-10-4-2-5-11-22/h2-7,10-13,15-18,26-27H,8-9,14,19-20H2,1H3. The second-order valence-electron chi connectivity index (χ2n) is 8.08. The minimum Gasteiger partial charge on any atom is -0.368 e. The van der Waals surface area contributed by atoms with Crippen LogP contribution in [0.5, 0.6) is 0 Å². The van der Waals surface area contributed by atoms with Gasteiger partial charge in [-0.3, -0.25) is 4.79 Å². The fourth-order valence-corrected chi connectivity index (χ4v) is 4.60. The third-order valence-corrected chi connectivity index (χ3v) is 6.04. The van der Waals surface area contributed by atoms with Gasteiger partial charge in [0.05, 0.1) is 5.92 Å². The first-order valence-electron chi connectivity index (χ1n) is 10.7. The number of ketones is 1. The van der Waals surface area contributed by atoms with Crippen LogP contribution in [-0.2, 0) is 11.2 Å². The summed E-state index contributed by atoms with van der Waals surface area (Å²) in [5, 5.41) is 0. The van der Waals surface area contributed by atoms with Crippen LogP contribution in [0.4, 0.5) is 5.69 Å². The lowest BCUT2D eigenvalue weighted by Gasteiger charge is -2.38. The van der Waals surface area contributed by atoms with Crippen LogP contribution >= 0.6 is 0 Å². The van der Waals surface area contributed by atoms with Gasteiger partial charge in [-0.1, -0.05) is 72.8 Å². The number of rotatable bonds is 6.